The van der Waals surface area contributed by atoms with Crippen molar-refractivity contribution in [1.29, 1.82) is 0 Å². The summed E-state index contributed by atoms with van der Waals surface area (Å²) in [6, 6.07) is 5.61. The van der Waals surface area contributed by atoms with Crippen LogP contribution in [-0.4, -0.2) is 40.3 Å². The molecule has 184 valence electrons. The number of aromatic nitrogens is 2. The highest BCUT2D eigenvalue weighted by molar-refractivity contribution is 6.30. The molecule has 1 aliphatic rings. The Morgan fingerprint density at radius 3 is 2.33 bits per heavy atom. The molecule has 1 heterocycles. The minimum Gasteiger partial charge on any atom is -0.475 e. The Hall–Kier alpha value is -2.54. The molecule has 1 aromatic heterocycles. The third kappa shape index (κ3) is 7.22. The van der Waals surface area contributed by atoms with E-state index in [9.17, 15) is 30.7 Å². The normalized spacial score (nSPS) is 14.9. The maximum Gasteiger partial charge on any atom is 0.490 e. The number of carbonyl (C=O) groups is 1. The van der Waals surface area contributed by atoms with Crippen molar-refractivity contribution in [2.75, 3.05) is 7.05 Å². The summed E-state index contributed by atoms with van der Waals surface area (Å²) in [4.78, 5) is 8.90. The highest BCUT2D eigenvalue weighted by Crippen LogP contribution is 2.58. The molecule has 0 aliphatic heterocycles. The van der Waals surface area contributed by atoms with E-state index < -0.39 is 29.6 Å². The summed E-state index contributed by atoms with van der Waals surface area (Å²) in [5, 5.41) is 14.6. The lowest BCUT2D eigenvalue weighted by atomic mass is 10.1. The van der Waals surface area contributed by atoms with Crippen molar-refractivity contribution in [3.63, 3.8) is 0 Å². The summed E-state index contributed by atoms with van der Waals surface area (Å²) in [6.07, 6.45) is -9.24. The first-order valence-electron chi connectivity index (χ1n) is 9.33. The van der Waals surface area contributed by atoms with E-state index in [1.165, 1.54) is 22.9 Å². The van der Waals surface area contributed by atoms with E-state index >= 15 is 0 Å². The molecule has 1 fully saturated rings. The molecule has 6 nitrogen and oxygen atoms in total. The van der Waals surface area contributed by atoms with Gasteiger partial charge in [-0.15, -0.1) is 0 Å². The Morgan fingerprint density at radius 2 is 1.85 bits per heavy atom. The molecule has 1 aromatic carbocycles. The van der Waals surface area contributed by atoms with Crippen LogP contribution in [-0.2, 0) is 24.5 Å². The van der Waals surface area contributed by atoms with Crippen LogP contribution in [0, 0.1) is 11.2 Å². The van der Waals surface area contributed by atoms with Gasteiger partial charge in [0.15, 0.2) is 0 Å². The van der Waals surface area contributed by atoms with Crippen molar-refractivity contribution < 1.29 is 45.4 Å². The van der Waals surface area contributed by atoms with Gasteiger partial charge in [-0.05, 0) is 38.1 Å². The van der Waals surface area contributed by atoms with E-state index in [-0.39, 0.29) is 37.4 Å². The molecule has 0 bridgehead atoms. The molecule has 2 N–H and O–H groups in total. The number of benzene rings is 1. The van der Waals surface area contributed by atoms with Crippen LogP contribution in [0.1, 0.15) is 24.1 Å². The minimum absolute atomic E-state index is 0.0695. The van der Waals surface area contributed by atoms with Crippen molar-refractivity contribution in [3.05, 3.63) is 46.4 Å². The SMILES string of the molecule is CNCc1cc(OCc2cc(Cl)ccc2F)n(CC2(C(F)(F)F)CC2)n1.O=C(O)C(F)(F)F. The number of halogens is 8. The first-order valence-corrected chi connectivity index (χ1v) is 9.71. The fourth-order valence-electron chi connectivity index (χ4n) is 2.72. The molecular formula is C19H19ClF7N3O3. The summed E-state index contributed by atoms with van der Waals surface area (Å²) in [7, 11) is 1.71. The zero-order valence-corrected chi connectivity index (χ0v) is 17.8. The van der Waals surface area contributed by atoms with Crippen molar-refractivity contribution >= 4 is 17.6 Å². The number of rotatable bonds is 7. The largest absolute Gasteiger partial charge is 0.490 e. The van der Waals surface area contributed by atoms with E-state index in [0.717, 1.165) is 0 Å². The summed E-state index contributed by atoms with van der Waals surface area (Å²) >= 11 is 5.85. The van der Waals surface area contributed by atoms with Gasteiger partial charge in [-0.25, -0.2) is 13.9 Å². The third-order valence-electron chi connectivity index (χ3n) is 4.68. The van der Waals surface area contributed by atoms with Gasteiger partial charge in [-0.2, -0.15) is 31.4 Å². The summed E-state index contributed by atoms with van der Waals surface area (Å²) < 4.78 is 92.1. The second-order valence-electron chi connectivity index (χ2n) is 7.27. The van der Waals surface area contributed by atoms with E-state index in [1.54, 1.807) is 13.1 Å². The average molecular weight is 506 g/mol. The van der Waals surface area contributed by atoms with Gasteiger partial charge in [0.2, 0.25) is 5.88 Å². The number of hydrogen-bond donors (Lipinski definition) is 2. The smallest absolute Gasteiger partial charge is 0.475 e. The highest BCUT2D eigenvalue weighted by atomic mass is 35.5. The Bertz CT molecular complexity index is 973. The average Bonchev–Trinajstić information content (AvgIpc) is 3.39. The second-order valence-corrected chi connectivity index (χ2v) is 7.70. The van der Waals surface area contributed by atoms with Crippen molar-refractivity contribution in [3.8, 4) is 5.88 Å². The summed E-state index contributed by atoms with van der Waals surface area (Å²) in [5.41, 5.74) is -0.987. The van der Waals surface area contributed by atoms with Gasteiger partial charge in [0.1, 0.15) is 12.4 Å². The number of alkyl halides is 6. The Morgan fingerprint density at radius 1 is 1.24 bits per heavy atom. The van der Waals surface area contributed by atoms with Crippen LogP contribution < -0.4 is 10.1 Å². The standard InChI is InChI=1S/C17H18ClF4N3O.C2HF3O2/c1-23-8-13-7-15(26-9-11-6-12(18)2-3-14(11)19)25(24-13)10-16(4-5-16)17(20,21)22;3-2(4,5)1(6)7/h2-3,6-7,23H,4-5,8-10H2,1H3;(H,6,7). The number of aliphatic carboxylic acids is 1. The first kappa shape index (κ1) is 26.7. The van der Waals surface area contributed by atoms with Crippen molar-refractivity contribution in [2.45, 2.75) is 44.9 Å². The zero-order chi connectivity index (χ0) is 25.0. The maximum atomic E-state index is 13.8. The van der Waals surface area contributed by atoms with Crippen LogP contribution in [0.5, 0.6) is 5.88 Å². The quantitative estimate of drug-likeness (QED) is 0.521. The molecule has 1 aliphatic carbocycles. The monoisotopic (exact) mass is 505 g/mol. The molecule has 0 spiro atoms. The number of ether oxygens (including phenoxy) is 1. The van der Waals surface area contributed by atoms with Crippen LogP contribution in [0.3, 0.4) is 0 Å². The Kier molecular flexibility index (Phi) is 8.22. The van der Waals surface area contributed by atoms with Gasteiger partial charge < -0.3 is 15.2 Å². The van der Waals surface area contributed by atoms with E-state index in [2.05, 4.69) is 10.4 Å². The molecule has 0 unspecified atom stereocenters. The lowest BCUT2D eigenvalue weighted by molar-refractivity contribution is -0.193. The lowest BCUT2D eigenvalue weighted by Gasteiger charge is -2.20. The fourth-order valence-corrected chi connectivity index (χ4v) is 2.92. The summed E-state index contributed by atoms with van der Waals surface area (Å²) in [6.45, 7) is -0.0857. The van der Waals surface area contributed by atoms with Crippen LogP contribution in [0.25, 0.3) is 0 Å². The Labute approximate surface area is 188 Å². The van der Waals surface area contributed by atoms with Crippen LogP contribution in [0.4, 0.5) is 30.7 Å². The molecule has 14 heteroatoms. The second kappa shape index (κ2) is 10.2. The fraction of sp³-hybridized carbons (Fsp3) is 0.474. The van der Waals surface area contributed by atoms with Gasteiger partial charge in [-0.1, -0.05) is 11.6 Å². The van der Waals surface area contributed by atoms with E-state index in [4.69, 9.17) is 26.2 Å². The third-order valence-corrected chi connectivity index (χ3v) is 4.92. The number of carboxylic acid groups (broad SMARTS) is 1. The summed E-state index contributed by atoms with van der Waals surface area (Å²) in [5.74, 6) is -3.08. The number of nitrogens with zero attached hydrogens (tertiary/aromatic N) is 2. The van der Waals surface area contributed by atoms with Gasteiger partial charge in [-0.3, -0.25) is 0 Å². The van der Waals surface area contributed by atoms with Crippen LogP contribution >= 0.6 is 11.6 Å². The number of carboxylic acids is 1. The maximum absolute atomic E-state index is 13.8. The molecule has 1 saturated carbocycles. The first-order chi connectivity index (χ1) is 15.2. The van der Waals surface area contributed by atoms with Crippen LogP contribution in [0.15, 0.2) is 24.3 Å². The molecule has 0 radical (unpaired) electrons. The molecule has 3 rings (SSSR count). The van der Waals surface area contributed by atoms with Gasteiger partial charge in [0, 0.05) is 23.2 Å². The highest BCUT2D eigenvalue weighted by Gasteiger charge is 2.63. The number of hydrogen-bond acceptors (Lipinski definition) is 4. The minimum atomic E-state index is -5.08. The van der Waals surface area contributed by atoms with E-state index in [0.29, 0.717) is 17.3 Å². The lowest BCUT2D eigenvalue weighted by Crippen LogP contribution is -2.30. The molecule has 33 heavy (non-hydrogen) atoms. The van der Waals surface area contributed by atoms with Crippen molar-refractivity contribution in [1.82, 2.24) is 15.1 Å². The van der Waals surface area contributed by atoms with Crippen molar-refractivity contribution in [2.24, 2.45) is 5.41 Å². The predicted octanol–water partition coefficient (Wildman–Crippen LogP) is 4.95. The predicted molar refractivity (Wildman–Crippen MR) is 102 cm³/mol. The van der Waals surface area contributed by atoms with Gasteiger partial charge in [0.25, 0.3) is 0 Å². The van der Waals surface area contributed by atoms with Gasteiger partial charge in [0.05, 0.1) is 17.7 Å². The van der Waals surface area contributed by atoms with Crippen LogP contribution in [0.2, 0.25) is 5.02 Å². The number of nitrogens with one attached hydrogen (secondary N) is 1. The molecular weight excluding hydrogens is 487 g/mol. The molecule has 0 amide bonds. The topological polar surface area (TPSA) is 76.4 Å². The molecule has 0 atom stereocenters. The van der Waals surface area contributed by atoms with E-state index in [1.807, 2.05) is 0 Å². The molecule has 0 saturated heterocycles. The molecule has 2 aromatic rings. The van der Waals surface area contributed by atoms with Gasteiger partial charge >= 0.3 is 18.3 Å². The zero-order valence-electron chi connectivity index (χ0n) is 17.0. The Balaban J connectivity index is 0.000000479.